The van der Waals surface area contributed by atoms with Gasteiger partial charge in [0.1, 0.15) is 12.4 Å². The van der Waals surface area contributed by atoms with E-state index in [2.05, 4.69) is 0 Å². The SMILES string of the molecule is Cc1ccccc1OCCN1C(=O)C2(OCCCO2)c2c(Cl)ccc(Cl)c21. The third-order valence-electron chi connectivity index (χ3n) is 4.77. The van der Waals surface area contributed by atoms with Crippen LogP contribution < -0.4 is 9.64 Å². The minimum Gasteiger partial charge on any atom is -0.491 e. The molecule has 2 aliphatic rings. The van der Waals surface area contributed by atoms with Crippen LogP contribution in [0.2, 0.25) is 10.0 Å². The molecule has 4 rings (SSSR count). The highest BCUT2D eigenvalue weighted by atomic mass is 35.5. The van der Waals surface area contributed by atoms with E-state index in [-0.39, 0.29) is 5.91 Å². The normalized spacial score (nSPS) is 18.0. The van der Waals surface area contributed by atoms with E-state index in [0.717, 1.165) is 17.7 Å². The second-order valence-electron chi connectivity index (χ2n) is 6.49. The van der Waals surface area contributed by atoms with E-state index in [1.807, 2.05) is 31.2 Å². The van der Waals surface area contributed by atoms with E-state index < -0.39 is 5.79 Å². The van der Waals surface area contributed by atoms with Gasteiger partial charge in [-0.3, -0.25) is 4.79 Å². The van der Waals surface area contributed by atoms with Crippen molar-refractivity contribution in [2.24, 2.45) is 0 Å². The fourth-order valence-corrected chi connectivity index (χ4v) is 4.02. The molecule has 0 radical (unpaired) electrons. The fourth-order valence-electron chi connectivity index (χ4n) is 3.48. The van der Waals surface area contributed by atoms with E-state index >= 15 is 0 Å². The Bertz CT molecular complexity index is 880. The number of carbonyl (C=O) groups excluding carboxylic acids is 1. The zero-order chi connectivity index (χ0) is 19.0. The minimum atomic E-state index is -1.52. The fraction of sp³-hybridized carbons (Fsp3) is 0.350. The maximum atomic E-state index is 13.3. The summed E-state index contributed by atoms with van der Waals surface area (Å²) in [4.78, 5) is 14.8. The van der Waals surface area contributed by atoms with E-state index in [9.17, 15) is 4.79 Å². The highest BCUT2D eigenvalue weighted by Crippen LogP contribution is 2.51. The maximum Gasteiger partial charge on any atom is 0.292 e. The van der Waals surface area contributed by atoms with E-state index in [4.69, 9.17) is 37.4 Å². The van der Waals surface area contributed by atoms with Gasteiger partial charge in [0, 0.05) is 0 Å². The summed E-state index contributed by atoms with van der Waals surface area (Å²) >= 11 is 12.8. The second kappa shape index (κ2) is 7.32. The molecular formula is C20H19Cl2NO4. The van der Waals surface area contributed by atoms with Crippen LogP contribution in [0.3, 0.4) is 0 Å². The lowest BCUT2D eigenvalue weighted by Crippen LogP contribution is -2.48. The van der Waals surface area contributed by atoms with Crippen molar-refractivity contribution < 1.29 is 19.0 Å². The first kappa shape index (κ1) is 18.6. The number of para-hydroxylation sites is 1. The summed E-state index contributed by atoms with van der Waals surface area (Å²) in [6, 6.07) is 11.1. The molecule has 0 aliphatic carbocycles. The van der Waals surface area contributed by atoms with E-state index in [0.29, 0.717) is 47.7 Å². The summed E-state index contributed by atoms with van der Waals surface area (Å²) in [5.41, 5.74) is 2.05. The molecule has 27 heavy (non-hydrogen) atoms. The van der Waals surface area contributed by atoms with Crippen molar-refractivity contribution in [3.8, 4) is 5.75 Å². The topological polar surface area (TPSA) is 48.0 Å². The summed E-state index contributed by atoms with van der Waals surface area (Å²) in [6.45, 7) is 3.41. The molecule has 0 atom stereocenters. The average molecular weight is 408 g/mol. The number of rotatable bonds is 4. The Labute approximate surface area is 167 Å². The molecule has 0 saturated carbocycles. The molecule has 2 heterocycles. The molecule has 0 bridgehead atoms. The molecule has 1 saturated heterocycles. The number of ether oxygens (including phenoxy) is 3. The van der Waals surface area contributed by atoms with Gasteiger partial charge in [-0.05, 0) is 37.1 Å². The predicted octanol–water partition coefficient (Wildman–Crippen LogP) is 4.32. The van der Waals surface area contributed by atoms with Gasteiger partial charge in [-0.15, -0.1) is 0 Å². The number of hydrogen-bond donors (Lipinski definition) is 0. The summed E-state index contributed by atoms with van der Waals surface area (Å²) < 4.78 is 17.5. The highest BCUT2D eigenvalue weighted by Gasteiger charge is 2.56. The highest BCUT2D eigenvalue weighted by molar-refractivity contribution is 6.38. The molecule has 0 N–H and O–H groups in total. The molecule has 2 aromatic rings. The van der Waals surface area contributed by atoms with Gasteiger partial charge >= 0.3 is 0 Å². The Balaban J connectivity index is 1.63. The first-order valence-electron chi connectivity index (χ1n) is 8.81. The van der Waals surface area contributed by atoms with Gasteiger partial charge in [0.25, 0.3) is 11.7 Å². The molecule has 0 aromatic heterocycles. The Morgan fingerprint density at radius 3 is 2.56 bits per heavy atom. The van der Waals surface area contributed by atoms with Crippen LogP contribution in [0.1, 0.15) is 17.5 Å². The Hall–Kier alpha value is -1.79. The van der Waals surface area contributed by atoms with Gasteiger partial charge in [-0.25, -0.2) is 0 Å². The van der Waals surface area contributed by atoms with Gasteiger partial charge in [0.05, 0.1) is 41.1 Å². The number of anilines is 1. The second-order valence-corrected chi connectivity index (χ2v) is 7.31. The number of amides is 1. The van der Waals surface area contributed by atoms with E-state index in [1.165, 1.54) is 0 Å². The number of halogens is 2. The van der Waals surface area contributed by atoms with Crippen molar-refractivity contribution >= 4 is 34.8 Å². The predicted molar refractivity (Wildman–Crippen MR) is 104 cm³/mol. The minimum absolute atomic E-state index is 0.300. The third-order valence-corrected chi connectivity index (χ3v) is 5.39. The Morgan fingerprint density at radius 2 is 1.81 bits per heavy atom. The van der Waals surface area contributed by atoms with Gasteiger partial charge in [-0.2, -0.15) is 0 Å². The zero-order valence-electron chi connectivity index (χ0n) is 14.8. The number of carbonyl (C=O) groups is 1. The van der Waals surface area contributed by atoms with Crippen molar-refractivity contribution in [1.82, 2.24) is 0 Å². The molecule has 5 nitrogen and oxygen atoms in total. The molecule has 1 amide bonds. The summed E-state index contributed by atoms with van der Waals surface area (Å²) in [7, 11) is 0. The molecule has 2 aromatic carbocycles. The van der Waals surface area contributed by atoms with Crippen LogP contribution >= 0.6 is 23.2 Å². The Morgan fingerprint density at radius 1 is 1.11 bits per heavy atom. The molecule has 142 valence electrons. The lowest BCUT2D eigenvalue weighted by atomic mass is 10.1. The molecule has 2 aliphatic heterocycles. The number of benzene rings is 2. The smallest absolute Gasteiger partial charge is 0.292 e. The molecular weight excluding hydrogens is 389 g/mol. The van der Waals surface area contributed by atoms with Crippen LogP contribution in [0.4, 0.5) is 5.69 Å². The summed E-state index contributed by atoms with van der Waals surface area (Å²) in [6.07, 6.45) is 0.721. The molecule has 0 unspecified atom stereocenters. The monoisotopic (exact) mass is 407 g/mol. The van der Waals surface area contributed by atoms with Gasteiger partial charge in [0.15, 0.2) is 0 Å². The van der Waals surface area contributed by atoms with Crippen molar-refractivity contribution in [3.63, 3.8) is 0 Å². The number of nitrogens with zero attached hydrogens (tertiary/aromatic N) is 1. The Kier molecular flexibility index (Phi) is 5.03. The van der Waals surface area contributed by atoms with Crippen molar-refractivity contribution in [2.75, 3.05) is 31.3 Å². The first-order valence-corrected chi connectivity index (χ1v) is 9.57. The van der Waals surface area contributed by atoms with Crippen molar-refractivity contribution in [3.05, 3.63) is 57.6 Å². The lowest BCUT2D eigenvalue weighted by molar-refractivity contribution is -0.256. The van der Waals surface area contributed by atoms with Crippen LogP contribution in [0.25, 0.3) is 0 Å². The van der Waals surface area contributed by atoms with E-state index in [1.54, 1.807) is 17.0 Å². The lowest BCUT2D eigenvalue weighted by Gasteiger charge is -2.32. The number of hydrogen-bond acceptors (Lipinski definition) is 4. The standard InChI is InChI=1S/C20H19Cl2NO4/c1-13-5-2-3-6-16(13)25-12-9-23-18-15(22)8-7-14(21)17(18)20(19(23)24)26-10-4-11-27-20/h2-3,5-8H,4,9-12H2,1H3. The molecule has 1 spiro atoms. The van der Waals surface area contributed by atoms with Crippen molar-refractivity contribution in [1.29, 1.82) is 0 Å². The van der Waals surface area contributed by atoms with Crippen LogP contribution in [-0.4, -0.2) is 32.3 Å². The van der Waals surface area contributed by atoms with Crippen LogP contribution in [0.5, 0.6) is 5.75 Å². The molecule has 1 fully saturated rings. The maximum absolute atomic E-state index is 13.3. The van der Waals surface area contributed by atoms with Crippen molar-refractivity contribution in [2.45, 2.75) is 19.1 Å². The number of aryl methyl sites for hydroxylation is 1. The number of fused-ring (bicyclic) bond motifs is 2. The molecule has 7 heteroatoms. The van der Waals surface area contributed by atoms with Gasteiger partial charge in [0.2, 0.25) is 0 Å². The van der Waals surface area contributed by atoms with Gasteiger partial charge in [-0.1, -0.05) is 41.4 Å². The zero-order valence-corrected chi connectivity index (χ0v) is 16.3. The third kappa shape index (κ3) is 3.09. The van der Waals surface area contributed by atoms with Gasteiger partial charge < -0.3 is 19.1 Å². The summed E-state index contributed by atoms with van der Waals surface area (Å²) in [5.74, 6) is -1.06. The largest absolute Gasteiger partial charge is 0.491 e. The van der Waals surface area contributed by atoms with Crippen LogP contribution in [-0.2, 0) is 20.1 Å². The average Bonchev–Trinajstić information content (AvgIpc) is 2.91. The quantitative estimate of drug-likeness (QED) is 0.756. The summed E-state index contributed by atoms with van der Waals surface area (Å²) in [5, 5.41) is 0.820. The van der Waals surface area contributed by atoms with Crippen LogP contribution in [0.15, 0.2) is 36.4 Å². The van der Waals surface area contributed by atoms with Crippen LogP contribution in [0, 0.1) is 6.92 Å². The first-order chi connectivity index (χ1) is 13.0.